The summed E-state index contributed by atoms with van der Waals surface area (Å²) in [5.74, 6) is -1.78. The molecule has 0 aromatic carbocycles. The van der Waals surface area contributed by atoms with Crippen molar-refractivity contribution in [3.8, 4) is 0 Å². The Morgan fingerprint density at radius 3 is 2.44 bits per heavy atom. The minimum atomic E-state index is -4.23. The number of likely N-dealkylation sites (tertiary alicyclic amines) is 1. The lowest BCUT2D eigenvalue weighted by atomic mass is 9.90. The smallest absolute Gasteiger partial charge is 0.381 e. The minimum Gasteiger partial charge on any atom is -0.381 e. The van der Waals surface area contributed by atoms with Crippen molar-refractivity contribution in [3.63, 3.8) is 0 Å². The van der Waals surface area contributed by atoms with Crippen LogP contribution in [0.15, 0.2) is 0 Å². The molecule has 2 rings (SSSR count). The number of carbonyl (C=O) groups is 1. The predicted octanol–water partition coefficient (Wildman–Crippen LogP) is 0.905. The van der Waals surface area contributed by atoms with Crippen molar-refractivity contribution in [1.29, 1.82) is 0 Å². The lowest BCUT2D eigenvalue weighted by molar-refractivity contribution is -0.171. The minimum absolute atomic E-state index is 0.0260. The van der Waals surface area contributed by atoms with Crippen molar-refractivity contribution in [3.05, 3.63) is 0 Å². The van der Waals surface area contributed by atoms with Gasteiger partial charge in [0.2, 0.25) is 5.91 Å². The SMILES string of the molecule is NC1(C(=O)N2CCC(C(F)(F)F)C2)CCOCC1. The molecule has 4 nitrogen and oxygen atoms in total. The number of rotatable bonds is 1. The quantitative estimate of drug-likeness (QED) is 0.767. The van der Waals surface area contributed by atoms with E-state index in [-0.39, 0.29) is 25.4 Å². The van der Waals surface area contributed by atoms with Crippen molar-refractivity contribution in [2.45, 2.75) is 31.0 Å². The maximum Gasteiger partial charge on any atom is 0.393 e. The third-order valence-electron chi connectivity index (χ3n) is 3.75. The number of amides is 1. The Morgan fingerprint density at radius 2 is 1.94 bits per heavy atom. The van der Waals surface area contributed by atoms with E-state index < -0.39 is 17.6 Å². The molecule has 0 aliphatic carbocycles. The summed E-state index contributed by atoms with van der Waals surface area (Å²) in [5, 5.41) is 0. The van der Waals surface area contributed by atoms with Crippen LogP contribution in [0.4, 0.5) is 13.2 Å². The molecule has 18 heavy (non-hydrogen) atoms. The molecule has 1 atom stereocenters. The first-order valence-electron chi connectivity index (χ1n) is 6.06. The first kappa shape index (κ1) is 13.6. The number of alkyl halides is 3. The third-order valence-corrected chi connectivity index (χ3v) is 3.75. The van der Waals surface area contributed by atoms with E-state index in [1.165, 1.54) is 4.90 Å². The van der Waals surface area contributed by atoms with Crippen LogP contribution < -0.4 is 5.73 Å². The Balaban J connectivity index is 1.99. The highest BCUT2D eigenvalue weighted by Crippen LogP contribution is 2.34. The van der Waals surface area contributed by atoms with Gasteiger partial charge in [-0.3, -0.25) is 4.79 Å². The Labute approximate surface area is 103 Å². The summed E-state index contributed by atoms with van der Waals surface area (Å²) in [7, 11) is 0. The van der Waals surface area contributed by atoms with Gasteiger partial charge in [-0.2, -0.15) is 13.2 Å². The van der Waals surface area contributed by atoms with Gasteiger partial charge in [0.05, 0.1) is 11.5 Å². The van der Waals surface area contributed by atoms with Crippen LogP contribution in [0.25, 0.3) is 0 Å². The van der Waals surface area contributed by atoms with Gasteiger partial charge in [-0.1, -0.05) is 0 Å². The number of ether oxygens (including phenoxy) is 1. The van der Waals surface area contributed by atoms with E-state index in [0.29, 0.717) is 26.1 Å². The van der Waals surface area contributed by atoms with Crippen molar-refractivity contribution in [2.75, 3.05) is 26.3 Å². The van der Waals surface area contributed by atoms with E-state index in [4.69, 9.17) is 10.5 Å². The second-order valence-corrected chi connectivity index (χ2v) is 5.05. The molecule has 0 aromatic heterocycles. The standard InChI is InChI=1S/C11H17F3N2O2/c12-11(13,14)8-1-4-16(7-8)9(17)10(15)2-5-18-6-3-10/h8H,1-7,15H2. The van der Waals surface area contributed by atoms with Gasteiger partial charge in [0.15, 0.2) is 0 Å². The summed E-state index contributed by atoms with van der Waals surface area (Å²) in [6, 6.07) is 0. The van der Waals surface area contributed by atoms with Gasteiger partial charge in [0, 0.05) is 26.3 Å². The van der Waals surface area contributed by atoms with Crippen LogP contribution in [0.2, 0.25) is 0 Å². The largest absolute Gasteiger partial charge is 0.393 e. The number of carbonyl (C=O) groups excluding carboxylic acids is 1. The van der Waals surface area contributed by atoms with Gasteiger partial charge >= 0.3 is 6.18 Å². The molecule has 0 aromatic rings. The fraction of sp³-hybridized carbons (Fsp3) is 0.909. The molecule has 2 fully saturated rings. The van der Waals surface area contributed by atoms with Gasteiger partial charge in [0.25, 0.3) is 0 Å². The molecule has 0 spiro atoms. The Morgan fingerprint density at radius 1 is 1.33 bits per heavy atom. The van der Waals surface area contributed by atoms with E-state index in [1.807, 2.05) is 0 Å². The van der Waals surface area contributed by atoms with Crippen molar-refractivity contribution >= 4 is 5.91 Å². The molecular formula is C11H17F3N2O2. The summed E-state index contributed by atoms with van der Waals surface area (Å²) in [6.07, 6.45) is -3.51. The molecule has 2 saturated heterocycles. The first-order valence-corrected chi connectivity index (χ1v) is 6.06. The average Bonchev–Trinajstić information content (AvgIpc) is 2.77. The molecule has 7 heteroatoms. The first-order chi connectivity index (χ1) is 8.33. The van der Waals surface area contributed by atoms with Crippen LogP contribution in [0.5, 0.6) is 0 Å². The highest BCUT2D eigenvalue weighted by atomic mass is 19.4. The molecular weight excluding hydrogens is 249 g/mol. The van der Waals surface area contributed by atoms with Crippen LogP contribution >= 0.6 is 0 Å². The average molecular weight is 266 g/mol. The van der Waals surface area contributed by atoms with Crippen LogP contribution in [-0.2, 0) is 9.53 Å². The van der Waals surface area contributed by atoms with E-state index >= 15 is 0 Å². The molecule has 2 heterocycles. The maximum atomic E-state index is 12.5. The van der Waals surface area contributed by atoms with Crippen LogP contribution in [0.1, 0.15) is 19.3 Å². The van der Waals surface area contributed by atoms with E-state index in [0.717, 1.165) is 0 Å². The van der Waals surface area contributed by atoms with Gasteiger partial charge in [-0.15, -0.1) is 0 Å². The van der Waals surface area contributed by atoms with Crippen molar-refractivity contribution in [2.24, 2.45) is 11.7 Å². The van der Waals surface area contributed by atoms with Gasteiger partial charge in [0.1, 0.15) is 0 Å². The van der Waals surface area contributed by atoms with Gasteiger partial charge in [-0.05, 0) is 19.3 Å². The molecule has 1 amide bonds. The van der Waals surface area contributed by atoms with Crippen LogP contribution in [-0.4, -0.2) is 48.8 Å². The molecule has 1 unspecified atom stereocenters. The normalized spacial score (nSPS) is 28.4. The number of nitrogens with zero attached hydrogens (tertiary/aromatic N) is 1. The summed E-state index contributed by atoms with van der Waals surface area (Å²) in [5.41, 5.74) is 4.94. The molecule has 2 aliphatic rings. The number of hydrogen-bond acceptors (Lipinski definition) is 3. The fourth-order valence-electron chi connectivity index (χ4n) is 2.48. The molecule has 104 valence electrons. The van der Waals surface area contributed by atoms with Gasteiger partial charge in [-0.25, -0.2) is 0 Å². The van der Waals surface area contributed by atoms with Crippen LogP contribution in [0, 0.1) is 5.92 Å². The monoisotopic (exact) mass is 266 g/mol. The Hall–Kier alpha value is -0.820. The predicted molar refractivity (Wildman–Crippen MR) is 57.7 cm³/mol. The second kappa shape index (κ2) is 4.70. The number of halogens is 3. The molecule has 2 aliphatic heterocycles. The molecule has 2 N–H and O–H groups in total. The number of nitrogens with two attached hydrogens (primary N) is 1. The lowest BCUT2D eigenvalue weighted by Gasteiger charge is -2.35. The summed E-state index contributed by atoms with van der Waals surface area (Å²) in [4.78, 5) is 13.4. The Kier molecular flexibility index (Phi) is 3.55. The van der Waals surface area contributed by atoms with Crippen molar-refractivity contribution < 1.29 is 22.7 Å². The van der Waals surface area contributed by atoms with E-state index in [9.17, 15) is 18.0 Å². The fourth-order valence-corrected chi connectivity index (χ4v) is 2.48. The highest BCUT2D eigenvalue weighted by Gasteiger charge is 2.47. The lowest BCUT2D eigenvalue weighted by Crippen LogP contribution is -2.57. The summed E-state index contributed by atoms with van der Waals surface area (Å²) in [6.45, 7) is 0.655. The molecule has 0 radical (unpaired) electrons. The van der Waals surface area contributed by atoms with E-state index in [1.54, 1.807) is 0 Å². The van der Waals surface area contributed by atoms with Crippen molar-refractivity contribution in [1.82, 2.24) is 4.90 Å². The zero-order chi connectivity index (χ0) is 13.4. The molecule has 0 bridgehead atoms. The topological polar surface area (TPSA) is 55.6 Å². The molecule has 0 saturated carbocycles. The summed E-state index contributed by atoms with van der Waals surface area (Å²) >= 11 is 0. The third kappa shape index (κ3) is 2.61. The number of hydrogen-bond donors (Lipinski definition) is 1. The zero-order valence-electron chi connectivity index (χ0n) is 10.0. The van der Waals surface area contributed by atoms with Gasteiger partial charge < -0.3 is 15.4 Å². The maximum absolute atomic E-state index is 12.5. The highest BCUT2D eigenvalue weighted by molar-refractivity contribution is 5.86. The Bertz CT molecular complexity index is 327. The zero-order valence-corrected chi connectivity index (χ0v) is 10.0. The van der Waals surface area contributed by atoms with Crippen LogP contribution in [0.3, 0.4) is 0 Å². The van der Waals surface area contributed by atoms with E-state index in [2.05, 4.69) is 0 Å². The second-order valence-electron chi connectivity index (χ2n) is 5.05. The summed E-state index contributed by atoms with van der Waals surface area (Å²) < 4.78 is 42.8.